The molecule has 0 fully saturated rings. The predicted molar refractivity (Wildman–Crippen MR) is 51.5 cm³/mol. The highest BCUT2D eigenvalue weighted by molar-refractivity contribution is 9.10. The zero-order chi connectivity index (χ0) is 10.0. The first-order valence-electron chi connectivity index (χ1n) is 3.24. The van der Waals surface area contributed by atoms with Gasteiger partial charge in [-0.25, -0.2) is 13.8 Å². The van der Waals surface area contributed by atoms with E-state index in [1.165, 1.54) is 6.20 Å². The van der Waals surface area contributed by atoms with Gasteiger partial charge in [0.15, 0.2) is 0 Å². The van der Waals surface area contributed by atoms with Gasteiger partial charge in [0.05, 0.1) is 16.5 Å². The molecule has 0 radical (unpaired) electrons. The van der Waals surface area contributed by atoms with Gasteiger partial charge < -0.3 is 0 Å². The highest BCUT2D eigenvalue weighted by Crippen LogP contribution is 2.34. The molecule has 0 N–H and O–H groups in total. The number of nitrogens with zero attached hydrogens (tertiary/aromatic N) is 1. The summed E-state index contributed by atoms with van der Waals surface area (Å²) in [6.45, 7) is 0. The van der Waals surface area contributed by atoms with Crippen LogP contribution in [0.4, 0.5) is 8.78 Å². The highest BCUT2D eigenvalue weighted by Gasteiger charge is 2.19. The van der Waals surface area contributed by atoms with Crippen molar-refractivity contribution in [3.8, 4) is 0 Å². The Morgan fingerprint density at radius 3 is 2.62 bits per heavy atom. The summed E-state index contributed by atoms with van der Waals surface area (Å²) in [5.74, 6) is 0.0683. The van der Waals surface area contributed by atoms with Crippen molar-refractivity contribution in [3.63, 3.8) is 0 Å². The average Bonchev–Trinajstić information content (AvgIpc) is 2.04. The van der Waals surface area contributed by atoms with Crippen molar-refractivity contribution in [1.29, 1.82) is 0 Å². The van der Waals surface area contributed by atoms with E-state index >= 15 is 0 Å². The molecule has 0 aromatic carbocycles. The monoisotopic (exact) mass is 289 g/mol. The van der Waals surface area contributed by atoms with E-state index in [4.69, 9.17) is 23.2 Å². The lowest BCUT2D eigenvalue weighted by Gasteiger charge is -2.07. The van der Waals surface area contributed by atoms with Crippen LogP contribution < -0.4 is 0 Å². The standard InChI is InChI=1S/C7H4BrCl2F2N/c8-6-4(7(11)12)5(10)3(1-9)2-13-6/h2,7H,1H2. The summed E-state index contributed by atoms with van der Waals surface area (Å²) >= 11 is 14.0. The minimum absolute atomic E-state index is 0.0214. The molecule has 0 amide bonds. The molecule has 0 bridgehead atoms. The van der Waals surface area contributed by atoms with Gasteiger partial charge in [-0.1, -0.05) is 11.6 Å². The second kappa shape index (κ2) is 4.53. The van der Waals surface area contributed by atoms with Crippen LogP contribution in [-0.2, 0) is 5.88 Å². The molecule has 13 heavy (non-hydrogen) atoms. The summed E-state index contributed by atoms with van der Waals surface area (Å²) in [6.07, 6.45) is -1.29. The molecule has 0 aliphatic rings. The minimum atomic E-state index is -2.66. The molecule has 0 aliphatic heterocycles. The van der Waals surface area contributed by atoms with Crippen LogP contribution in [0.1, 0.15) is 17.6 Å². The van der Waals surface area contributed by atoms with Crippen LogP contribution in [0.15, 0.2) is 10.8 Å². The Morgan fingerprint density at radius 2 is 2.15 bits per heavy atom. The summed E-state index contributed by atoms with van der Waals surface area (Å²) in [6, 6.07) is 0. The second-order valence-corrected chi connectivity index (χ2v) is 3.63. The van der Waals surface area contributed by atoms with Crippen LogP contribution in [0.25, 0.3) is 0 Å². The molecular formula is C7H4BrCl2F2N. The number of aromatic nitrogens is 1. The quantitative estimate of drug-likeness (QED) is 0.588. The largest absolute Gasteiger partial charge is 0.267 e. The Bertz CT molecular complexity index is 320. The van der Waals surface area contributed by atoms with E-state index in [0.717, 1.165) is 0 Å². The molecule has 0 unspecified atom stereocenters. The number of hydrogen-bond acceptors (Lipinski definition) is 1. The zero-order valence-corrected chi connectivity index (χ0v) is 9.30. The first kappa shape index (κ1) is 11.1. The van der Waals surface area contributed by atoms with Crippen LogP contribution in [0, 0.1) is 0 Å². The van der Waals surface area contributed by atoms with Crippen molar-refractivity contribution in [3.05, 3.63) is 26.9 Å². The zero-order valence-electron chi connectivity index (χ0n) is 6.20. The van der Waals surface area contributed by atoms with Crippen molar-refractivity contribution in [2.24, 2.45) is 0 Å². The van der Waals surface area contributed by atoms with Crippen LogP contribution in [-0.4, -0.2) is 4.98 Å². The number of halogens is 5. The fourth-order valence-corrected chi connectivity index (χ4v) is 1.95. The maximum atomic E-state index is 12.4. The summed E-state index contributed by atoms with van der Waals surface area (Å²) in [5.41, 5.74) is 0.0988. The van der Waals surface area contributed by atoms with Crippen molar-refractivity contribution in [1.82, 2.24) is 4.98 Å². The molecule has 72 valence electrons. The van der Waals surface area contributed by atoms with Gasteiger partial charge in [0, 0.05) is 11.8 Å². The topological polar surface area (TPSA) is 12.9 Å². The van der Waals surface area contributed by atoms with Gasteiger partial charge in [0.1, 0.15) is 4.60 Å². The normalized spacial score (nSPS) is 10.9. The summed E-state index contributed by atoms with van der Waals surface area (Å²) in [5, 5.41) is -0.0214. The van der Waals surface area contributed by atoms with Gasteiger partial charge in [0.2, 0.25) is 0 Å². The Balaban J connectivity index is 3.30. The smallest absolute Gasteiger partial charge is 0.248 e. The molecule has 1 aromatic rings. The van der Waals surface area contributed by atoms with Crippen molar-refractivity contribution < 1.29 is 8.78 Å². The molecule has 1 nitrogen and oxygen atoms in total. The predicted octanol–water partition coefficient (Wildman–Crippen LogP) is 4.17. The van der Waals surface area contributed by atoms with Crippen LogP contribution in [0.5, 0.6) is 0 Å². The number of rotatable bonds is 2. The lowest BCUT2D eigenvalue weighted by Crippen LogP contribution is -1.95. The fraction of sp³-hybridized carbons (Fsp3) is 0.286. The molecule has 6 heteroatoms. The maximum Gasteiger partial charge on any atom is 0.267 e. The Hall–Kier alpha value is 0.0700. The summed E-state index contributed by atoms with van der Waals surface area (Å²) in [4.78, 5) is 3.70. The number of pyridine rings is 1. The van der Waals surface area contributed by atoms with E-state index in [1.54, 1.807) is 0 Å². The van der Waals surface area contributed by atoms with E-state index in [1.807, 2.05) is 0 Å². The molecule has 0 atom stereocenters. The Morgan fingerprint density at radius 1 is 1.54 bits per heavy atom. The molecule has 0 saturated heterocycles. The lowest BCUT2D eigenvalue weighted by atomic mass is 10.2. The number of alkyl halides is 3. The Kier molecular flexibility index (Phi) is 3.88. The molecule has 0 aliphatic carbocycles. The van der Waals surface area contributed by atoms with E-state index in [-0.39, 0.29) is 21.1 Å². The molecule has 1 rings (SSSR count). The molecule has 0 saturated carbocycles. The molecule has 1 aromatic heterocycles. The van der Waals surface area contributed by atoms with E-state index in [9.17, 15) is 8.78 Å². The summed E-state index contributed by atoms with van der Waals surface area (Å²) in [7, 11) is 0. The third-order valence-corrected chi connectivity index (χ3v) is 2.80. The Labute approximate surface area is 92.2 Å². The van der Waals surface area contributed by atoms with Gasteiger partial charge >= 0.3 is 0 Å². The summed E-state index contributed by atoms with van der Waals surface area (Å²) < 4.78 is 24.9. The van der Waals surface area contributed by atoms with Crippen LogP contribution in [0.2, 0.25) is 5.02 Å². The minimum Gasteiger partial charge on any atom is -0.248 e. The second-order valence-electron chi connectivity index (χ2n) is 2.24. The van der Waals surface area contributed by atoms with Gasteiger partial charge in [-0.3, -0.25) is 0 Å². The average molecular weight is 291 g/mol. The van der Waals surface area contributed by atoms with Crippen molar-refractivity contribution >= 4 is 39.1 Å². The van der Waals surface area contributed by atoms with Gasteiger partial charge in [-0.15, -0.1) is 11.6 Å². The lowest BCUT2D eigenvalue weighted by molar-refractivity contribution is 0.150. The first-order valence-corrected chi connectivity index (χ1v) is 4.95. The fourth-order valence-electron chi connectivity index (χ4n) is 0.803. The molecular weight excluding hydrogens is 287 g/mol. The number of hydrogen-bond donors (Lipinski definition) is 0. The van der Waals surface area contributed by atoms with Gasteiger partial charge in [0.25, 0.3) is 6.43 Å². The van der Waals surface area contributed by atoms with Crippen LogP contribution in [0.3, 0.4) is 0 Å². The van der Waals surface area contributed by atoms with E-state index in [0.29, 0.717) is 5.56 Å². The van der Waals surface area contributed by atoms with Crippen LogP contribution >= 0.6 is 39.1 Å². The van der Waals surface area contributed by atoms with Crippen molar-refractivity contribution in [2.75, 3.05) is 0 Å². The third kappa shape index (κ3) is 2.30. The van der Waals surface area contributed by atoms with E-state index < -0.39 is 6.43 Å². The van der Waals surface area contributed by atoms with Crippen molar-refractivity contribution in [2.45, 2.75) is 12.3 Å². The molecule has 1 heterocycles. The van der Waals surface area contributed by atoms with Gasteiger partial charge in [-0.05, 0) is 15.9 Å². The van der Waals surface area contributed by atoms with E-state index in [2.05, 4.69) is 20.9 Å². The highest BCUT2D eigenvalue weighted by atomic mass is 79.9. The maximum absolute atomic E-state index is 12.4. The SMILES string of the molecule is FC(F)c1c(Br)ncc(CCl)c1Cl. The van der Waals surface area contributed by atoms with Gasteiger partial charge in [-0.2, -0.15) is 0 Å². The third-order valence-electron chi connectivity index (χ3n) is 1.44. The molecule has 0 spiro atoms. The first-order chi connectivity index (χ1) is 6.07.